The average Bonchev–Trinajstić information content (AvgIpc) is 2.97. The van der Waals surface area contributed by atoms with Crippen LogP contribution in [-0.2, 0) is 13.2 Å². The van der Waals surface area contributed by atoms with Crippen molar-refractivity contribution >= 4 is 5.91 Å². The van der Waals surface area contributed by atoms with Crippen LogP contribution < -0.4 is 0 Å². The third-order valence-electron chi connectivity index (χ3n) is 4.18. The zero-order chi connectivity index (χ0) is 17.3. The second kappa shape index (κ2) is 6.26. The lowest BCUT2D eigenvalue weighted by molar-refractivity contribution is -0.141. The van der Waals surface area contributed by atoms with Gasteiger partial charge in [-0.15, -0.1) is 0 Å². The first-order valence-corrected chi connectivity index (χ1v) is 7.66. The number of imidazole rings is 1. The first kappa shape index (κ1) is 16.5. The van der Waals surface area contributed by atoms with Crippen molar-refractivity contribution in [2.45, 2.75) is 24.9 Å². The third kappa shape index (κ3) is 3.27. The Hall–Kier alpha value is -2.38. The lowest BCUT2D eigenvalue weighted by Gasteiger charge is -2.32. The molecular formula is C16H17F3N4O. The Morgan fingerprint density at radius 3 is 2.79 bits per heavy atom. The lowest BCUT2D eigenvalue weighted by atomic mass is 9.96. The molecule has 0 spiro atoms. The molecule has 0 bridgehead atoms. The van der Waals surface area contributed by atoms with Gasteiger partial charge in [0.15, 0.2) is 5.69 Å². The first-order chi connectivity index (χ1) is 11.4. The zero-order valence-corrected chi connectivity index (χ0v) is 13.1. The maximum absolute atomic E-state index is 12.8. The van der Waals surface area contributed by atoms with Crippen LogP contribution in [0.25, 0.3) is 0 Å². The van der Waals surface area contributed by atoms with Crippen LogP contribution >= 0.6 is 0 Å². The number of pyridine rings is 1. The Bertz CT molecular complexity index is 727. The highest BCUT2D eigenvalue weighted by molar-refractivity contribution is 5.93. The van der Waals surface area contributed by atoms with Gasteiger partial charge in [0.1, 0.15) is 5.82 Å². The van der Waals surface area contributed by atoms with E-state index in [4.69, 9.17) is 0 Å². The maximum Gasteiger partial charge on any atom is 0.434 e. The summed E-state index contributed by atoms with van der Waals surface area (Å²) in [5, 5.41) is 0. The van der Waals surface area contributed by atoms with Gasteiger partial charge >= 0.3 is 6.18 Å². The molecule has 5 nitrogen and oxygen atoms in total. The SMILES string of the molecule is Cn1cc(C(F)(F)F)nc1C1CCCN(C(=O)c2cccnc2)C1. The number of nitrogens with zero attached hydrogens (tertiary/aromatic N) is 4. The number of carbonyl (C=O) groups is 1. The van der Waals surface area contributed by atoms with E-state index in [9.17, 15) is 18.0 Å². The molecule has 1 aliphatic rings. The molecule has 1 aliphatic heterocycles. The molecule has 1 saturated heterocycles. The number of halogens is 3. The molecule has 2 aromatic heterocycles. The van der Waals surface area contributed by atoms with Crippen molar-refractivity contribution in [3.63, 3.8) is 0 Å². The highest BCUT2D eigenvalue weighted by Gasteiger charge is 2.36. The fourth-order valence-corrected chi connectivity index (χ4v) is 3.04. The van der Waals surface area contributed by atoms with Crippen molar-refractivity contribution in [1.82, 2.24) is 19.4 Å². The molecule has 0 aromatic carbocycles. The van der Waals surface area contributed by atoms with Crippen molar-refractivity contribution in [2.75, 3.05) is 13.1 Å². The zero-order valence-electron chi connectivity index (χ0n) is 13.1. The smallest absolute Gasteiger partial charge is 0.338 e. The average molecular weight is 338 g/mol. The minimum absolute atomic E-state index is 0.155. The van der Waals surface area contributed by atoms with Crippen LogP contribution in [0.2, 0.25) is 0 Å². The molecule has 24 heavy (non-hydrogen) atoms. The molecule has 3 heterocycles. The van der Waals surface area contributed by atoms with Crippen molar-refractivity contribution in [2.24, 2.45) is 7.05 Å². The number of amides is 1. The Morgan fingerprint density at radius 2 is 2.17 bits per heavy atom. The molecule has 3 rings (SSSR count). The standard InChI is InChI=1S/C16H17F3N4O/c1-22-10-13(16(17,18)19)21-14(22)12-5-3-7-23(9-12)15(24)11-4-2-6-20-8-11/h2,4,6,8,10,12H,3,5,7,9H2,1H3. The Morgan fingerprint density at radius 1 is 1.38 bits per heavy atom. The van der Waals surface area contributed by atoms with Crippen LogP contribution in [0.5, 0.6) is 0 Å². The van der Waals surface area contributed by atoms with E-state index >= 15 is 0 Å². The van der Waals surface area contributed by atoms with E-state index in [1.165, 1.54) is 10.8 Å². The first-order valence-electron chi connectivity index (χ1n) is 7.66. The molecule has 0 N–H and O–H groups in total. The molecule has 8 heteroatoms. The predicted molar refractivity (Wildman–Crippen MR) is 80.3 cm³/mol. The van der Waals surface area contributed by atoms with E-state index < -0.39 is 11.9 Å². The molecule has 1 fully saturated rings. The fourth-order valence-electron chi connectivity index (χ4n) is 3.04. The quantitative estimate of drug-likeness (QED) is 0.846. The van der Waals surface area contributed by atoms with Crippen LogP contribution in [0.3, 0.4) is 0 Å². The number of aryl methyl sites for hydroxylation is 1. The lowest BCUT2D eigenvalue weighted by Crippen LogP contribution is -2.39. The third-order valence-corrected chi connectivity index (χ3v) is 4.18. The molecule has 0 radical (unpaired) electrons. The van der Waals surface area contributed by atoms with Crippen LogP contribution in [0.1, 0.15) is 40.6 Å². The van der Waals surface area contributed by atoms with E-state index in [1.807, 2.05) is 0 Å². The Balaban J connectivity index is 1.79. The van der Waals surface area contributed by atoms with Gasteiger partial charge in [-0.3, -0.25) is 9.78 Å². The van der Waals surface area contributed by atoms with Crippen molar-refractivity contribution < 1.29 is 18.0 Å². The van der Waals surface area contributed by atoms with E-state index in [2.05, 4.69) is 9.97 Å². The fraction of sp³-hybridized carbons (Fsp3) is 0.438. The molecule has 128 valence electrons. The second-order valence-corrected chi connectivity index (χ2v) is 5.93. The van der Waals surface area contributed by atoms with Crippen LogP contribution in [-0.4, -0.2) is 38.4 Å². The number of carbonyl (C=O) groups excluding carboxylic acids is 1. The van der Waals surface area contributed by atoms with Crippen molar-refractivity contribution in [1.29, 1.82) is 0 Å². The normalized spacial score (nSPS) is 18.7. The summed E-state index contributed by atoms with van der Waals surface area (Å²) in [6.07, 6.45) is 1.05. The second-order valence-electron chi connectivity index (χ2n) is 5.93. The van der Waals surface area contributed by atoms with Gasteiger partial charge in [0, 0.05) is 44.6 Å². The summed E-state index contributed by atoms with van der Waals surface area (Å²) in [5.74, 6) is 0.00420. The van der Waals surface area contributed by atoms with Crippen molar-refractivity contribution in [3.05, 3.63) is 47.8 Å². The van der Waals surface area contributed by atoms with Gasteiger partial charge in [-0.25, -0.2) is 4.98 Å². The summed E-state index contributed by atoms with van der Waals surface area (Å²) in [6, 6.07) is 3.37. The largest absolute Gasteiger partial charge is 0.434 e. The van der Waals surface area contributed by atoms with Gasteiger partial charge in [-0.2, -0.15) is 13.2 Å². The highest BCUT2D eigenvalue weighted by Crippen LogP contribution is 2.32. The molecule has 2 aromatic rings. The number of hydrogen-bond acceptors (Lipinski definition) is 3. The maximum atomic E-state index is 12.8. The number of aromatic nitrogens is 3. The molecule has 1 unspecified atom stereocenters. The number of hydrogen-bond donors (Lipinski definition) is 0. The van der Waals surface area contributed by atoms with Gasteiger partial charge in [-0.1, -0.05) is 0 Å². The van der Waals surface area contributed by atoms with Crippen LogP contribution in [0.15, 0.2) is 30.7 Å². The van der Waals surface area contributed by atoms with Gasteiger partial charge in [-0.05, 0) is 25.0 Å². The van der Waals surface area contributed by atoms with E-state index in [1.54, 1.807) is 30.3 Å². The molecular weight excluding hydrogens is 321 g/mol. The summed E-state index contributed by atoms with van der Waals surface area (Å²) in [7, 11) is 1.56. The summed E-state index contributed by atoms with van der Waals surface area (Å²) < 4.78 is 39.9. The summed E-state index contributed by atoms with van der Waals surface area (Å²) >= 11 is 0. The van der Waals surface area contributed by atoms with Gasteiger partial charge in [0.2, 0.25) is 0 Å². The highest BCUT2D eigenvalue weighted by atomic mass is 19.4. The number of rotatable bonds is 2. The van der Waals surface area contributed by atoms with Gasteiger partial charge < -0.3 is 9.47 Å². The molecule has 0 aliphatic carbocycles. The van der Waals surface area contributed by atoms with E-state index in [0.29, 0.717) is 30.9 Å². The van der Waals surface area contributed by atoms with E-state index in [0.717, 1.165) is 12.6 Å². The van der Waals surface area contributed by atoms with Crippen LogP contribution in [0, 0.1) is 0 Å². The molecule has 1 amide bonds. The topological polar surface area (TPSA) is 51.0 Å². The predicted octanol–water partition coefficient (Wildman–Crippen LogP) is 2.85. The Labute approximate surface area is 137 Å². The minimum Gasteiger partial charge on any atom is -0.338 e. The van der Waals surface area contributed by atoms with Crippen LogP contribution in [0.4, 0.5) is 13.2 Å². The summed E-state index contributed by atoms with van der Waals surface area (Å²) in [5.41, 5.74) is -0.412. The number of likely N-dealkylation sites (tertiary alicyclic amines) is 1. The van der Waals surface area contributed by atoms with Crippen molar-refractivity contribution in [3.8, 4) is 0 Å². The monoisotopic (exact) mass is 338 g/mol. The summed E-state index contributed by atoms with van der Waals surface area (Å²) in [6.45, 7) is 0.941. The van der Waals surface area contributed by atoms with Gasteiger partial charge in [0.25, 0.3) is 5.91 Å². The molecule has 0 saturated carbocycles. The number of alkyl halides is 3. The minimum atomic E-state index is -4.46. The number of piperidine rings is 1. The summed E-state index contributed by atoms with van der Waals surface area (Å²) in [4.78, 5) is 21.9. The molecule has 1 atom stereocenters. The van der Waals surface area contributed by atoms with Gasteiger partial charge in [0.05, 0.1) is 5.56 Å². The van der Waals surface area contributed by atoms with E-state index in [-0.39, 0.29) is 11.8 Å². The Kier molecular flexibility index (Phi) is 4.29.